The molecule has 174 valence electrons. The zero-order valence-electron chi connectivity index (χ0n) is 19.9. The third kappa shape index (κ3) is 3.80. The van der Waals surface area contributed by atoms with Gasteiger partial charge in [-0.1, -0.05) is 36.4 Å². The molecule has 0 saturated carbocycles. The number of benzene rings is 2. The summed E-state index contributed by atoms with van der Waals surface area (Å²) in [7, 11) is 4.22. The Morgan fingerprint density at radius 3 is 2.34 bits per heavy atom. The van der Waals surface area contributed by atoms with Crippen molar-refractivity contribution in [2.24, 2.45) is 0 Å². The summed E-state index contributed by atoms with van der Waals surface area (Å²) in [5.74, 6) is 0. The third-order valence-corrected chi connectivity index (χ3v) is 6.46. The fourth-order valence-electron chi connectivity index (χ4n) is 4.84. The molecule has 1 N–H and O–H groups in total. The standard InChI is InChI=1S/C28H27N7/c1-33(2)12-7-13-35-27-11-6-4-9-22(27)28(32-35)24-17-29-16-23(24)25-18-34(20-14-30-19-31-15-20)26-10-5-3-8-21(25)26/h3-6,8-11,14-19,29H,7,12-13H2,1-2H3. The molecule has 4 heterocycles. The second kappa shape index (κ2) is 8.85. The van der Waals surface area contributed by atoms with Crippen molar-refractivity contribution < 1.29 is 0 Å². The fourth-order valence-corrected chi connectivity index (χ4v) is 4.84. The van der Waals surface area contributed by atoms with Crippen LogP contribution >= 0.6 is 0 Å². The van der Waals surface area contributed by atoms with Crippen LogP contribution in [-0.2, 0) is 6.54 Å². The van der Waals surface area contributed by atoms with Gasteiger partial charge in [0.05, 0.1) is 29.1 Å². The average molecular weight is 462 g/mol. The molecule has 0 saturated heterocycles. The Labute approximate surface area is 203 Å². The van der Waals surface area contributed by atoms with Crippen LogP contribution < -0.4 is 0 Å². The Morgan fingerprint density at radius 2 is 1.54 bits per heavy atom. The van der Waals surface area contributed by atoms with Crippen LogP contribution in [0.25, 0.3) is 49.9 Å². The molecular weight excluding hydrogens is 434 g/mol. The van der Waals surface area contributed by atoms with Crippen molar-refractivity contribution in [1.29, 1.82) is 0 Å². The maximum Gasteiger partial charge on any atom is 0.115 e. The van der Waals surface area contributed by atoms with Crippen molar-refractivity contribution in [3.05, 3.63) is 85.8 Å². The van der Waals surface area contributed by atoms with Gasteiger partial charge >= 0.3 is 0 Å². The van der Waals surface area contributed by atoms with Crippen LogP contribution in [0.1, 0.15) is 6.42 Å². The van der Waals surface area contributed by atoms with Crippen LogP contribution in [0.2, 0.25) is 0 Å². The highest BCUT2D eigenvalue weighted by Crippen LogP contribution is 2.40. The van der Waals surface area contributed by atoms with Crippen molar-refractivity contribution in [2.75, 3.05) is 20.6 Å². The summed E-state index contributed by atoms with van der Waals surface area (Å²) in [4.78, 5) is 14.0. The van der Waals surface area contributed by atoms with Gasteiger partial charge in [0, 0.05) is 52.6 Å². The van der Waals surface area contributed by atoms with Crippen molar-refractivity contribution in [3.63, 3.8) is 0 Å². The molecular formula is C28H27N7. The van der Waals surface area contributed by atoms with E-state index in [4.69, 9.17) is 5.10 Å². The SMILES string of the molecule is CN(C)CCCn1nc(-c2c[nH]cc2-c2cn(-c3cncnc3)c3ccccc23)c2ccccc21. The number of aryl methyl sites for hydroxylation is 1. The number of hydrogen-bond donors (Lipinski definition) is 1. The van der Waals surface area contributed by atoms with Crippen LogP contribution in [0.15, 0.2) is 85.8 Å². The van der Waals surface area contributed by atoms with Crippen LogP contribution in [0, 0.1) is 0 Å². The lowest BCUT2D eigenvalue weighted by atomic mass is 10.0. The van der Waals surface area contributed by atoms with E-state index in [-0.39, 0.29) is 0 Å². The number of aromatic amines is 1. The van der Waals surface area contributed by atoms with Gasteiger partial charge in [0.15, 0.2) is 0 Å². The zero-order valence-corrected chi connectivity index (χ0v) is 19.9. The monoisotopic (exact) mass is 461 g/mol. The van der Waals surface area contributed by atoms with Gasteiger partial charge in [0.25, 0.3) is 0 Å². The molecule has 0 atom stereocenters. The lowest BCUT2D eigenvalue weighted by Crippen LogP contribution is -2.15. The van der Waals surface area contributed by atoms with E-state index in [2.05, 4.69) is 110 Å². The van der Waals surface area contributed by atoms with E-state index in [1.54, 1.807) is 6.33 Å². The molecule has 0 aliphatic carbocycles. The maximum absolute atomic E-state index is 5.11. The predicted molar refractivity (Wildman–Crippen MR) is 141 cm³/mol. The molecule has 0 radical (unpaired) electrons. The Balaban J connectivity index is 1.50. The number of hydrogen-bond acceptors (Lipinski definition) is 4. The van der Waals surface area contributed by atoms with E-state index in [1.807, 2.05) is 12.4 Å². The molecule has 0 aliphatic heterocycles. The van der Waals surface area contributed by atoms with Gasteiger partial charge < -0.3 is 14.5 Å². The third-order valence-electron chi connectivity index (χ3n) is 6.46. The number of rotatable bonds is 7. The molecule has 6 aromatic rings. The van der Waals surface area contributed by atoms with E-state index in [1.165, 1.54) is 10.8 Å². The topological polar surface area (TPSA) is 67.6 Å². The van der Waals surface area contributed by atoms with Gasteiger partial charge in [0.1, 0.15) is 12.0 Å². The molecule has 7 nitrogen and oxygen atoms in total. The number of nitrogens with zero attached hydrogens (tertiary/aromatic N) is 6. The van der Waals surface area contributed by atoms with Crippen molar-refractivity contribution in [2.45, 2.75) is 13.0 Å². The van der Waals surface area contributed by atoms with Crippen molar-refractivity contribution >= 4 is 21.8 Å². The first-order chi connectivity index (χ1) is 17.2. The van der Waals surface area contributed by atoms with Gasteiger partial charge in [-0.05, 0) is 39.2 Å². The second-order valence-corrected chi connectivity index (χ2v) is 9.06. The van der Waals surface area contributed by atoms with Crippen LogP contribution in [-0.4, -0.2) is 54.8 Å². The van der Waals surface area contributed by atoms with E-state index in [0.717, 1.165) is 58.6 Å². The Bertz CT molecular complexity index is 1600. The minimum Gasteiger partial charge on any atom is -0.366 e. The highest BCUT2D eigenvalue weighted by atomic mass is 15.3. The minimum absolute atomic E-state index is 0.881. The highest BCUT2D eigenvalue weighted by molar-refractivity contribution is 6.04. The van der Waals surface area contributed by atoms with Gasteiger partial charge in [-0.15, -0.1) is 0 Å². The molecule has 0 fully saturated rings. The normalized spacial score (nSPS) is 11.7. The average Bonchev–Trinajstić information content (AvgIpc) is 3.60. The van der Waals surface area contributed by atoms with Crippen LogP contribution in [0.5, 0.6) is 0 Å². The summed E-state index contributed by atoms with van der Waals surface area (Å²) >= 11 is 0. The molecule has 0 aliphatic rings. The summed E-state index contributed by atoms with van der Waals surface area (Å²) in [5, 5.41) is 7.45. The molecule has 0 spiro atoms. The molecule has 0 amide bonds. The lowest BCUT2D eigenvalue weighted by molar-refractivity contribution is 0.383. The Morgan fingerprint density at radius 1 is 0.829 bits per heavy atom. The lowest BCUT2D eigenvalue weighted by Gasteiger charge is -2.09. The molecule has 4 aromatic heterocycles. The summed E-state index contributed by atoms with van der Waals surface area (Å²) in [5.41, 5.74) is 7.58. The summed E-state index contributed by atoms with van der Waals surface area (Å²) < 4.78 is 4.30. The fraction of sp³-hybridized carbons (Fsp3) is 0.179. The van der Waals surface area contributed by atoms with Crippen LogP contribution in [0.3, 0.4) is 0 Å². The maximum atomic E-state index is 5.11. The first kappa shape index (κ1) is 21.3. The largest absolute Gasteiger partial charge is 0.366 e. The van der Waals surface area contributed by atoms with Crippen molar-refractivity contribution in [3.8, 4) is 28.1 Å². The summed E-state index contributed by atoms with van der Waals surface area (Å²) in [6, 6.07) is 16.9. The number of aromatic nitrogens is 6. The number of H-pyrrole nitrogens is 1. The van der Waals surface area contributed by atoms with Gasteiger partial charge in [-0.25, -0.2) is 9.97 Å². The molecule has 35 heavy (non-hydrogen) atoms. The van der Waals surface area contributed by atoms with Crippen molar-refractivity contribution in [1.82, 2.24) is 34.2 Å². The number of nitrogens with one attached hydrogen (secondary N) is 1. The molecule has 6 rings (SSSR count). The van der Waals surface area contributed by atoms with E-state index in [0.29, 0.717) is 0 Å². The molecule has 0 bridgehead atoms. The predicted octanol–water partition coefficient (Wildman–Crippen LogP) is 5.38. The first-order valence-electron chi connectivity index (χ1n) is 11.8. The zero-order chi connectivity index (χ0) is 23.8. The Kier molecular flexibility index (Phi) is 5.39. The molecule has 0 unspecified atom stereocenters. The van der Waals surface area contributed by atoms with Gasteiger partial charge in [-0.2, -0.15) is 5.10 Å². The Hall–Kier alpha value is -4.23. The van der Waals surface area contributed by atoms with Gasteiger partial charge in [0.2, 0.25) is 0 Å². The quantitative estimate of drug-likeness (QED) is 0.346. The van der Waals surface area contributed by atoms with E-state index >= 15 is 0 Å². The van der Waals surface area contributed by atoms with Gasteiger partial charge in [-0.3, -0.25) is 4.68 Å². The second-order valence-electron chi connectivity index (χ2n) is 9.06. The first-order valence-corrected chi connectivity index (χ1v) is 11.8. The van der Waals surface area contributed by atoms with E-state index in [9.17, 15) is 0 Å². The molecule has 7 heteroatoms. The van der Waals surface area contributed by atoms with E-state index < -0.39 is 0 Å². The summed E-state index contributed by atoms with van der Waals surface area (Å²) in [6.45, 7) is 1.91. The highest BCUT2D eigenvalue weighted by Gasteiger charge is 2.20. The van der Waals surface area contributed by atoms with Crippen LogP contribution in [0.4, 0.5) is 0 Å². The number of fused-ring (bicyclic) bond motifs is 2. The minimum atomic E-state index is 0.881. The number of para-hydroxylation sites is 2. The molecule has 2 aromatic carbocycles. The summed E-state index contributed by atoms with van der Waals surface area (Å²) in [6.07, 6.45) is 12.6. The smallest absolute Gasteiger partial charge is 0.115 e.